The Labute approximate surface area is 259 Å². The predicted molar refractivity (Wildman–Crippen MR) is 175 cm³/mol. The van der Waals surface area contributed by atoms with Gasteiger partial charge in [0.15, 0.2) is 5.69 Å². The molecule has 0 fully saturated rings. The van der Waals surface area contributed by atoms with Crippen LogP contribution in [0.1, 0.15) is 110 Å². The number of phenolic OH excluding ortho intramolecular Hbond substituents is 1. The van der Waals surface area contributed by atoms with Crippen molar-refractivity contribution in [3.63, 3.8) is 0 Å². The van der Waals surface area contributed by atoms with Crippen LogP contribution in [0.2, 0.25) is 0 Å². The van der Waals surface area contributed by atoms with Crippen LogP contribution in [0.5, 0.6) is 11.5 Å². The second-order valence-corrected chi connectivity index (χ2v) is 11.3. The van der Waals surface area contributed by atoms with E-state index in [2.05, 4.69) is 17.2 Å². The molecule has 1 N–H and O–H groups in total. The molecular formula is C34H46N4O6. The number of phenols is 1. The molecule has 10 heteroatoms. The Morgan fingerprint density at radius 3 is 1.80 bits per heavy atom. The van der Waals surface area contributed by atoms with E-state index in [1.165, 1.54) is 102 Å². The molecule has 0 saturated heterocycles. The number of fused-ring (bicyclic) bond motifs is 1. The topological polar surface area (TPSA) is 140 Å². The number of non-ortho nitro benzene ring substituents is 1. The van der Waals surface area contributed by atoms with Crippen LogP contribution >= 0.6 is 0 Å². The molecule has 0 aliphatic heterocycles. The SMILES string of the molecule is CCCCCCCCCCCCCCCCCCOc1cccc2c(O)ccc(/N=N/c3ccc([N+](=O)[O-])cc3[N+](=O)[O-])c12. The molecule has 0 bridgehead atoms. The average Bonchev–Trinajstić information content (AvgIpc) is 3.02. The summed E-state index contributed by atoms with van der Waals surface area (Å²) in [6, 6.07) is 11.5. The number of unbranched alkanes of at least 4 members (excludes halogenated alkanes) is 15. The third kappa shape index (κ3) is 11.2. The van der Waals surface area contributed by atoms with Crippen LogP contribution in [-0.4, -0.2) is 21.6 Å². The van der Waals surface area contributed by atoms with Crippen molar-refractivity contribution in [1.82, 2.24) is 0 Å². The fourth-order valence-electron chi connectivity index (χ4n) is 5.34. The second-order valence-electron chi connectivity index (χ2n) is 11.3. The van der Waals surface area contributed by atoms with E-state index >= 15 is 0 Å². The summed E-state index contributed by atoms with van der Waals surface area (Å²) in [4.78, 5) is 21.1. The number of nitro groups is 2. The van der Waals surface area contributed by atoms with E-state index in [0.717, 1.165) is 25.0 Å². The summed E-state index contributed by atoms with van der Waals surface area (Å²) < 4.78 is 6.09. The third-order valence-corrected chi connectivity index (χ3v) is 7.84. The van der Waals surface area contributed by atoms with E-state index in [1.54, 1.807) is 24.3 Å². The number of aromatic hydroxyl groups is 1. The third-order valence-electron chi connectivity index (χ3n) is 7.84. The van der Waals surface area contributed by atoms with Crippen molar-refractivity contribution < 1.29 is 19.7 Å². The van der Waals surface area contributed by atoms with Crippen molar-refractivity contribution in [3.8, 4) is 11.5 Å². The van der Waals surface area contributed by atoms with Gasteiger partial charge in [-0.05, 0) is 30.7 Å². The van der Waals surface area contributed by atoms with Crippen molar-refractivity contribution in [2.75, 3.05) is 6.61 Å². The van der Waals surface area contributed by atoms with Crippen LogP contribution in [0.4, 0.5) is 22.7 Å². The van der Waals surface area contributed by atoms with Gasteiger partial charge in [-0.15, -0.1) is 10.2 Å². The maximum atomic E-state index is 11.5. The molecule has 0 heterocycles. The van der Waals surface area contributed by atoms with Gasteiger partial charge in [-0.2, -0.15) is 0 Å². The predicted octanol–water partition coefficient (Wildman–Crippen LogP) is 11.4. The summed E-state index contributed by atoms with van der Waals surface area (Å²) in [6.07, 6.45) is 20.7. The Balaban J connectivity index is 1.45. The van der Waals surface area contributed by atoms with Crippen molar-refractivity contribution >= 4 is 33.5 Å². The zero-order valence-corrected chi connectivity index (χ0v) is 25.9. The molecule has 0 aromatic heterocycles. The minimum Gasteiger partial charge on any atom is -0.507 e. The molecule has 0 saturated carbocycles. The molecule has 0 atom stereocenters. The van der Waals surface area contributed by atoms with Crippen molar-refractivity contribution in [1.29, 1.82) is 0 Å². The summed E-state index contributed by atoms with van der Waals surface area (Å²) in [5.74, 6) is 0.583. The van der Waals surface area contributed by atoms with Crippen LogP contribution < -0.4 is 4.74 Å². The molecule has 10 nitrogen and oxygen atoms in total. The van der Waals surface area contributed by atoms with Crippen LogP contribution in [0, 0.1) is 20.2 Å². The minimum absolute atomic E-state index is 0.0492. The molecule has 3 aromatic rings. The van der Waals surface area contributed by atoms with Gasteiger partial charge in [0.25, 0.3) is 5.69 Å². The number of nitro benzene ring substituents is 2. The van der Waals surface area contributed by atoms with Crippen LogP contribution in [0.25, 0.3) is 10.8 Å². The molecule has 238 valence electrons. The first-order chi connectivity index (χ1) is 21.4. The molecule has 3 rings (SSSR count). The molecule has 0 aliphatic carbocycles. The molecule has 44 heavy (non-hydrogen) atoms. The quantitative estimate of drug-likeness (QED) is 0.0522. The molecule has 0 radical (unpaired) electrons. The summed E-state index contributed by atoms with van der Waals surface area (Å²) in [6.45, 7) is 2.77. The Kier molecular flexibility index (Phi) is 15.1. The monoisotopic (exact) mass is 606 g/mol. The fraction of sp³-hybridized carbons (Fsp3) is 0.529. The Bertz CT molecular complexity index is 1380. The normalized spacial score (nSPS) is 11.4. The second kappa shape index (κ2) is 19.2. The molecular weight excluding hydrogens is 560 g/mol. The number of azo groups is 1. The first-order valence-corrected chi connectivity index (χ1v) is 16.1. The lowest BCUT2D eigenvalue weighted by Gasteiger charge is -2.12. The van der Waals surface area contributed by atoms with Gasteiger partial charge in [-0.25, -0.2) is 0 Å². The van der Waals surface area contributed by atoms with E-state index in [9.17, 15) is 25.3 Å². The lowest BCUT2D eigenvalue weighted by atomic mass is 10.0. The van der Waals surface area contributed by atoms with E-state index in [-0.39, 0.29) is 11.4 Å². The highest BCUT2D eigenvalue weighted by Gasteiger charge is 2.20. The summed E-state index contributed by atoms with van der Waals surface area (Å²) in [5.41, 5.74) is -0.692. The number of hydrogen-bond acceptors (Lipinski definition) is 8. The van der Waals surface area contributed by atoms with E-state index in [1.807, 2.05) is 0 Å². The highest BCUT2D eigenvalue weighted by atomic mass is 16.6. The smallest absolute Gasteiger partial charge is 0.303 e. The molecule has 0 spiro atoms. The van der Waals surface area contributed by atoms with Crippen molar-refractivity contribution in [2.45, 2.75) is 110 Å². The van der Waals surface area contributed by atoms with E-state index < -0.39 is 21.2 Å². The Morgan fingerprint density at radius 2 is 1.23 bits per heavy atom. The molecule has 3 aromatic carbocycles. The first kappa shape index (κ1) is 34.4. The lowest BCUT2D eigenvalue weighted by Crippen LogP contribution is -1.98. The Hall–Kier alpha value is -4.08. The average molecular weight is 607 g/mol. The van der Waals surface area contributed by atoms with Crippen LogP contribution in [-0.2, 0) is 0 Å². The minimum atomic E-state index is -0.733. The van der Waals surface area contributed by atoms with Gasteiger partial charge >= 0.3 is 5.69 Å². The number of ether oxygens (including phenoxy) is 1. The first-order valence-electron chi connectivity index (χ1n) is 16.1. The summed E-state index contributed by atoms with van der Waals surface area (Å²) in [7, 11) is 0. The van der Waals surface area contributed by atoms with Gasteiger partial charge < -0.3 is 9.84 Å². The van der Waals surface area contributed by atoms with Gasteiger partial charge in [0.05, 0.1) is 33.6 Å². The standard InChI is InChI=1S/C34H46N4O6/c1-2-3-4-5-6-7-8-9-10-11-12-13-14-15-16-17-25-44-33-20-18-19-28-32(39)24-23-30(34(28)33)36-35-29-22-21-27(37(40)41)26-31(29)38(42)43/h18-24,26,39H,2-17,25H2,1H3/b36-35+. The maximum Gasteiger partial charge on any atom is 0.303 e. The number of benzene rings is 3. The van der Waals surface area contributed by atoms with Gasteiger partial charge in [0.1, 0.15) is 11.5 Å². The zero-order valence-electron chi connectivity index (χ0n) is 25.9. The van der Waals surface area contributed by atoms with Gasteiger partial charge in [-0.1, -0.05) is 115 Å². The largest absolute Gasteiger partial charge is 0.507 e. The van der Waals surface area contributed by atoms with Crippen LogP contribution in [0.3, 0.4) is 0 Å². The molecule has 0 aliphatic rings. The van der Waals surface area contributed by atoms with Crippen LogP contribution in [0.15, 0.2) is 58.8 Å². The van der Waals surface area contributed by atoms with E-state index in [4.69, 9.17) is 4.74 Å². The summed E-state index contributed by atoms with van der Waals surface area (Å²) >= 11 is 0. The molecule has 0 unspecified atom stereocenters. The Morgan fingerprint density at radius 1 is 0.682 bits per heavy atom. The van der Waals surface area contributed by atoms with Crippen molar-refractivity contribution in [2.24, 2.45) is 10.2 Å². The maximum absolute atomic E-state index is 11.5. The van der Waals surface area contributed by atoms with E-state index in [0.29, 0.717) is 28.8 Å². The lowest BCUT2D eigenvalue weighted by molar-refractivity contribution is -0.393. The van der Waals surface area contributed by atoms with Gasteiger partial charge in [-0.3, -0.25) is 20.2 Å². The number of hydrogen-bond donors (Lipinski definition) is 1. The highest BCUT2D eigenvalue weighted by Crippen LogP contribution is 2.40. The highest BCUT2D eigenvalue weighted by molar-refractivity contribution is 6.01. The zero-order chi connectivity index (χ0) is 31.6. The van der Waals surface area contributed by atoms with Gasteiger partial charge in [0, 0.05) is 11.5 Å². The fourth-order valence-corrected chi connectivity index (χ4v) is 5.34. The van der Waals surface area contributed by atoms with Crippen molar-refractivity contribution in [3.05, 3.63) is 68.8 Å². The molecule has 0 amide bonds. The number of rotatable bonds is 22. The number of nitrogens with zero attached hydrogens (tertiary/aromatic N) is 4. The van der Waals surface area contributed by atoms with Gasteiger partial charge in [0.2, 0.25) is 0 Å². The summed E-state index contributed by atoms with van der Waals surface area (Å²) in [5, 5.41) is 42.3.